The Kier molecular flexibility index (Phi) is 4.11. The highest BCUT2D eigenvalue weighted by molar-refractivity contribution is 5.88. The second-order valence-electron chi connectivity index (χ2n) is 6.37. The molecule has 3 rings (SSSR count). The highest BCUT2D eigenvalue weighted by Crippen LogP contribution is 2.28. The van der Waals surface area contributed by atoms with E-state index in [9.17, 15) is 4.79 Å². The van der Waals surface area contributed by atoms with Crippen molar-refractivity contribution in [2.45, 2.75) is 38.6 Å². The molecule has 3 heterocycles. The number of anilines is 1. The van der Waals surface area contributed by atoms with Crippen LogP contribution in [0, 0.1) is 0 Å². The number of likely N-dealkylation sites (tertiary alicyclic amines) is 1. The van der Waals surface area contributed by atoms with Crippen molar-refractivity contribution in [3.63, 3.8) is 0 Å². The Hall–Kier alpha value is -1.95. The predicted octanol–water partition coefficient (Wildman–Crippen LogP) is 1.95. The maximum absolute atomic E-state index is 12.1. The average Bonchev–Trinajstić information content (AvgIpc) is 2.47. The summed E-state index contributed by atoms with van der Waals surface area (Å²) in [7, 11) is 2.14. The third-order valence-electron chi connectivity index (χ3n) is 4.15. The molecule has 6 nitrogen and oxygen atoms in total. The second-order valence-corrected chi connectivity index (χ2v) is 6.37. The van der Waals surface area contributed by atoms with E-state index in [0.29, 0.717) is 17.1 Å². The molecule has 1 saturated heterocycles. The van der Waals surface area contributed by atoms with Crippen LogP contribution in [-0.2, 0) is 0 Å². The molecular formula is C16H23N5O. The fraction of sp³-hybridized carbons (Fsp3) is 0.562. The lowest BCUT2D eigenvalue weighted by Crippen LogP contribution is -2.30. The summed E-state index contributed by atoms with van der Waals surface area (Å²) in [5.74, 6) is 1.87. The maximum atomic E-state index is 12.1. The van der Waals surface area contributed by atoms with E-state index in [4.69, 9.17) is 0 Å². The zero-order valence-corrected chi connectivity index (χ0v) is 13.4. The number of hydrogen-bond acceptors (Lipinski definition) is 5. The van der Waals surface area contributed by atoms with Gasteiger partial charge in [0.2, 0.25) is 0 Å². The molecule has 0 aliphatic carbocycles. The average molecular weight is 301 g/mol. The molecule has 1 aliphatic heterocycles. The van der Waals surface area contributed by atoms with Gasteiger partial charge in [-0.25, -0.2) is 9.97 Å². The zero-order chi connectivity index (χ0) is 15.7. The third kappa shape index (κ3) is 2.97. The van der Waals surface area contributed by atoms with Crippen LogP contribution in [0.4, 0.5) is 5.82 Å². The molecule has 6 heteroatoms. The normalized spacial score (nSPS) is 17.3. The van der Waals surface area contributed by atoms with E-state index in [0.717, 1.165) is 37.3 Å². The Bertz CT molecular complexity index is 716. The van der Waals surface area contributed by atoms with Crippen LogP contribution < -0.4 is 10.9 Å². The highest BCUT2D eigenvalue weighted by atomic mass is 16.1. The molecule has 0 radical (unpaired) electrons. The van der Waals surface area contributed by atoms with Gasteiger partial charge in [0, 0.05) is 18.2 Å². The van der Waals surface area contributed by atoms with Crippen molar-refractivity contribution in [1.29, 1.82) is 0 Å². The lowest BCUT2D eigenvalue weighted by Gasteiger charge is -2.28. The molecule has 2 N–H and O–H groups in total. The number of aromatic nitrogens is 3. The van der Waals surface area contributed by atoms with Crippen molar-refractivity contribution in [3.05, 3.63) is 28.4 Å². The number of hydrogen-bond donors (Lipinski definition) is 2. The Labute approximate surface area is 130 Å². The molecule has 0 saturated carbocycles. The summed E-state index contributed by atoms with van der Waals surface area (Å²) in [5.41, 5.74) is 0.575. The minimum absolute atomic E-state index is 0.143. The molecule has 22 heavy (non-hydrogen) atoms. The number of rotatable bonds is 3. The lowest BCUT2D eigenvalue weighted by molar-refractivity contribution is 0.251. The van der Waals surface area contributed by atoms with Crippen LogP contribution in [0.15, 0.2) is 17.1 Å². The summed E-state index contributed by atoms with van der Waals surface area (Å²) in [6, 6.07) is 2.06. The fourth-order valence-corrected chi connectivity index (χ4v) is 2.94. The van der Waals surface area contributed by atoms with Gasteiger partial charge in [-0.15, -0.1) is 0 Å². The van der Waals surface area contributed by atoms with Crippen molar-refractivity contribution in [1.82, 2.24) is 19.9 Å². The van der Waals surface area contributed by atoms with Crippen LogP contribution in [0.25, 0.3) is 10.9 Å². The molecule has 1 fully saturated rings. The summed E-state index contributed by atoms with van der Waals surface area (Å²) in [5, 5.41) is 3.84. The molecule has 0 amide bonds. The Morgan fingerprint density at radius 1 is 1.32 bits per heavy atom. The molecule has 0 spiro atoms. The van der Waals surface area contributed by atoms with Crippen LogP contribution >= 0.6 is 0 Å². The van der Waals surface area contributed by atoms with E-state index in [2.05, 4.69) is 32.2 Å². The van der Waals surface area contributed by atoms with Gasteiger partial charge >= 0.3 is 0 Å². The Morgan fingerprint density at radius 2 is 2.05 bits per heavy atom. The zero-order valence-electron chi connectivity index (χ0n) is 13.4. The van der Waals surface area contributed by atoms with Gasteiger partial charge in [-0.3, -0.25) is 4.79 Å². The van der Waals surface area contributed by atoms with Crippen molar-refractivity contribution in [3.8, 4) is 0 Å². The monoisotopic (exact) mass is 301 g/mol. The first-order valence-electron chi connectivity index (χ1n) is 7.89. The van der Waals surface area contributed by atoms with Crippen LogP contribution in [0.1, 0.15) is 38.4 Å². The van der Waals surface area contributed by atoms with Gasteiger partial charge in [0.1, 0.15) is 17.0 Å². The van der Waals surface area contributed by atoms with Crippen LogP contribution in [0.2, 0.25) is 0 Å². The largest absolute Gasteiger partial charge is 0.367 e. The molecule has 0 bridgehead atoms. The maximum Gasteiger partial charge on any atom is 0.261 e. The molecule has 118 valence electrons. The summed E-state index contributed by atoms with van der Waals surface area (Å²) >= 11 is 0. The number of piperidine rings is 1. The van der Waals surface area contributed by atoms with Gasteiger partial charge < -0.3 is 15.2 Å². The Morgan fingerprint density at radius 3 is 2.73 bits per heavy atom. The SMILES string of the molecule is CC(C)Nc1nc(C2CCN(C)CC2)nc2cc[nH]c(=O)c12. The summed E-state index contributed by atoms with van der Waals surface area (Å²) in [6.45, 7) is 6.21. The van der Waals surface area contributed by atoms with Crippen molar-refractivity contribution < 1.29 is 0 Å². The van der Waals surface area contributed by atoms with Gasteiger partial charge in [-0.05, 0) is 52.9 Å². The quantitative estimate of drug-likeness (QED) is 0.906. The summed E-state index contributed by atoms with van der Waals surface area (Å²) in [6.07, 6.45) is 3.77. The molecule has 1 aliphatic rings. The molecule has 0 aromatic carbocycles. The number of pyridine rings is 1. The first-order chi connectivity index (χ1) is 10.5. The smallest absolute Gasteiger partial charge is 0.261 e. The molecular weight excluding hydrogens is 278 g/mol. The van der Waals surface area contributed by atoms with E-state index in [1.165, 1.54) is 0 Å². The number of fused-ring (bicyclic) bond motifs is 1. The number of nitrogens with one attached hydrogen (secondary N) is 2. The van der Waals surface area contributed by atoms with Gasteiger partial charge in [-0.2, -0.15) is 0 Å². The van der Waals surface area contributed by atoms with Crippen LogP contribution in [0.5, 0.6) is 0 Å². The topological polar surface area (TPSA) is 73.9 Å². The molecule has 0 unspecified atom stereocenters. The summed E-state index contributed by atoms with van der Waals surface area (Å²) in [4.78, 5) is 26.5. The summed E-state index contributed by atoms with van der Waals surface area (Å²) < 4.78 is 0. The molecule has 0 atom stereocenters. The molecule has 2 aromatic heterocycles. The van der Waals surface area contributed by atoms with Crippen molar-refractivity contribution >= 4 is 16.7 Å². The van der Waals surface area contributed by atoms with E-state index in [1.54, 1.807) is 6.20 Å². The van der Waals surface area contributed by atoms with Gasteiger partial charge in [0.15, 0.2) is 0 Å². The van der Waals surface area contributed by atoms with Gasteiger partial charge in [0.25, 0.3) is 5.56 Å². The van der Waals surface area contributed by atoms with E-state index in [-0.39, 0.29) is 11.6 Å². The predicted molar refractivity (Wildman–Crippen MR) is 88.4 cm³/mol. The van der Waals surface area contributed by atoms with Crippen molar-refractivity contribution in [2.75, 3.05) is 25.5 Å². The first-order valence-corrected chi connectivity index (χ1v) is 7.89. The highest BCUT2D eigenvalue weighted by Gasteiger charge is 2.22. The minimum atomic E-state index is -0.143. The number of H-pyrrole nitrogens is 1. The second kappa shape index (κ2) is 6.04. The fourth-order valence-electron chi connectivity index (χ4n) is 2.94. The standard InChI is InChI=1S/C16H23N5O/c1-10(2)18-15-13-12(4-7-17-16(13)22)19-14(20-15)11-5-8-21(3)9-6-11/h4,7,10-11H,5-6,8-9H2,1-3H3,(H,17,22)(H,18,19,20). The van der Waals surface area contributed by atoms with E-state index in [1.807, 2.05) is 19.9 Å². The third-order valence-corrected chi connectivity index (χ3v) is 4.15. The van der Waals surface area contributed by atoms with Gasteiger partial charge in [0.05, 0.1) is 5.52 Å². The molecule has 2 aromatic rings. The Balaban J connectivity index is 2.07. The number of nitrogens with zero attached hydrogens (tertiary/aromatic N) is 3. The van der Waals surface area contributed by atoms with E-state index < -0.39 is 0 Å². The number of aromatic amines is 1. The first kappa shape index (κ1) is 15.0. The van der Waals surface area contributed by atoms with Crippen LogP contribution in [-0.4, -0.2) is 46.0 Å². The van der Waals surface area contributed by atoms with Gasteiger partial charge in [-0.1, -0.05) is 0 Å². The van der Waals surface area contributed by atoms with Crippen LogP contribution in [0.3, 0.4) is 0 Å². The van der Waals surface area contributed by atoms with E-state index >= 15 is 0 Å². The van der Waals surface area contributed by atoms with Crippen molar-refractivity contribution in [2.24, 2.45) is 0 Å². The minimum Gasteiger partial charge on any atom is -0.367 e. The lowest BCUT2D eigenvalue weighted by atomic mass is 9.96.